The molecule has 3 amide bonds. The largest absolute Gasteiger partial charge is 0.508 e. The first-order valence-electron chi connectivity index (χ1n) is 11.0. The SMILES string of the molecule is CCCN(C[C@H](CNC(=O)[C@@H]1CCCN1)C(=O)O)C(=O)N[C@@H](Cc1ccc(O)cc1)C(=O)O. The van der Waals surface area contributed by atoms with Gasteiger partial charge in [-0.1, -0.05) is 19.1 Å². The summed E-state index contributed by atoms with van der Waals surface area (Å²) in [6, 6.07) is 3.69. The lowest BCUT2D eigenvalue weighted by atomic mass is 10.1. The Morgan fingerprint density at radius 1 is 1.15 bits per heavy atom. The molecule has 33 heavy (non-hydrogen) atoms. The number of aliphatic carboxylic acids is 2. The zero-order valence-corrected chi connectivity index (χ0v) is 18.6. The standard InChI is InChI=1S/C22H32N4O7/c1-2-10-26(13-15(20(29)30)12-24-19(28)17-4-3-9-23-17)22(33)25-18(21(31)32)11-14-5-7-16(27)8-6-14/h5-8,15,17-18,23,27H,2-4,9-13H2,1H3,(H,24,28)(H,25,33)(H,29,30)(H,31,32)/t15-,17-,18-/m0/s1. The molecule has 1 heterocycles. The molecule has 1 fully saturated rings. The number of carboxylic acid groups (broad SMARTS) is 2. The number of carbonyl (C=O) groups excluding carboxylic acids is 2. The second kappa shape index (κ2) is 12.6. The van der Waals surface area contributed by atoms with E-state index in [1.54, 1.807) is 12.1 Å². The number of hydrogen-bond acceptors (Lipinski definition) is 6. The van der Waals surface area contributed by atoms with Crippen LogP contribution in [0.25, 0.3) is 0 Å². The summed E-state index contributed by atoms with van der Waals surface area (Å²) < 4.78 is 0. The van der Waals surface area contributed by atoms with Gasteiger partial charge in [0.15, 0.2) is 0 Å². The van der Waals surface area contributed by atoms with Gasteiger partial charge >= 0.3 is 18.0 Å². The fourth-order valence-corrected chi connectivity index (χ4v) is 3.61. The first kappa shape index (κ1) is 25.9. The molecular weight excluding hydrogens is 432 g/mol. The summed E-state index contributed by atoms with van der Waals surface area (Å²) in [5.74, 6) is -3.68. The molecule has 0 radical (unpaired) electrons. The van der Waals surface area contributed by atoms with Crippen LogP contribution in [-0.2, 0) is 20.8 Å². The topological polar surface area (TPSA) is 168 Å². The molecule has 1 aliphatic rings. The molecule has 0 aromatic heterocycles. The van der Waals surface area contributed by atoms with E-state index in [2.05, 4.69) is 16.0 Å². The molecule has 1 saturated heterocycles. The van der Waals surface area contributed by atoms with Crippen molar-refractivity contribution in [1.29, 1.82) is 0 Å². The minimum Gasteiger partial charge on any atom is -0.508 e. The predicted octanol–water partition coefficient (Wildman–Crippen LogP) is 0.379. The quantitative estimate of drug-likeness (QED) is 0.258. The van der Waals surface area contributed by atoms with Gasteiger partial charge in [0.05, 0.1) is 12.0 Å². The first-order chi connectivity index (χ1) is 15.7. The molecule has 1 aromatic rings. The molecule has 2 rings (SSSR count). The van der Waals surface area contributed by atoms with Crippen LogP contribution in [0.4, 0.5) is 4.79 Å². The summed E-state index contributed by atoms with van der Waals surface area (Å²) in [7, 11) is 0. The van der Waals surface area contributed by atoms with Gasteiger partial charge < -0.3 is 36.2 Å². The number of rotatable bonds is 12. The summed E-state index contributed by atoms with van der Waals surface area (Å²) in [6.45, 7) is 2.45. The summed E-state index contributed by atoms with van der Waals surface area (Å²) in [5, 5.41) is 36.6. The van der Waals surface area contributed by atoms with E-state index in [4.69, 9.17) is 0 Å². The number of carbonyl (C=O) groups is 4. The van der Waals surface area contributed by atoms with Gasteiger partial charge in [-0.05, 0) is 43.5 Å². The van der Waals surface area contributed by atoms with E-state index in [9.17, 15) is 34.5 Å². The van der Waals surface area contributed by atoms with Gasteiger partial charge in [-0.25, -0.2) is 9.59 Å². The van der Waals surface area contributed by atoms with Gasteiger partial charge in [-0.3, -0.25) is 9.59 Å². The second-order valence-corrected chi connectivity index (χ2v) is 8.09. The van der Waals surface area contributed by atoms with Crippen LogP contribution in [0.5, 0.6) is 5.75 Å². The van der Waals surface area contributed by atoms with Gasteiger partial charge in [0, 0.05) is 26.1 Å². The molecule has 11 heteroatoms. The summed E-state index contributed by atoms with van der Waals surface area (Å²) >= 11 is 0. The Morgan fingerprint density at radius 3 is 2.39 bits per heavy atom. The van der Waals surface area contributed by atoms with Gasteiger partial charge in [0.1, 0.15) is 11.8 Å². The van der Waals surface area contributed by atoms with Crippen molar-refractivity contribution >= 4 is 23.9 Å². The maximum Gasteiger partial charge on any atom is 0.326 e. The number of nitrogens with zero attached hydrogens (tertiary/aromatic N) is 1. The van der Waals surface area contributed by atoms with Crippen molar-refractivity contribution in [3.05, 3.63) is 29.8 Å². The van der Waals surface area contributed by atoms with Crippen LogP contribution in [0.2, 0.25) is 0 Å². The maximum atomic E-state index is 12.8. The molecule has 11 nitrogen and oxygen atoms in total. The number of aromatic hydroxyl groups is 1. The Bertz CT molecular complexity index is 825. The van der Waals surface area contributed by atoms with Gasteiger partial charge in [0.2, 0.25) is 5.91 Å². The first-order valence-corrected chi connectivity index (χ1v) is 11.0. The van der Waals surface area contributed by atoms with Crippen molar-refractivity contribution < 1.29 is 34.5 Å². The molecule has 0 aliphatic carbocycles. The van der Waals surface area contributed by atoms with Crippen molar-refractivity contribution in [2.75, 3.05) is 26.2 Å². The fourth-order valence-electron chi connectivity index (χ4n) is 3.61. The number of carboxylic acids is 2. The third kappa shape index (κ3) is 8.26. The molecule has 0 bridgehead atoms. The van der Waals surface area contributed by atoms with Crippen LogP contribution >= 0.6 is 0 Å². The normalized spacial score (nSPS) is 17.1. The predicted molar refractivity (Wildman–Crippen MR) is 119 cm³/mol. The van der Waals surface area contributed by atoms with E-state index >= 15 is 0 Å². The van der Waals surface area contributed by atoms with Crippen LogP contribution in [-0.4, -0.2) is 82.4 Å². The van der Waals surface area contributed by atoms with E-state index in [0.717, 1.165) is 13.0 Å². The molecular formula is C22H32N4O7. The maximum absolute atomic E-state index is 12.8. The Hall–Kier alpha value is -3.34. The third-order valence-electron chi connectivity index (χ3n) is 5.44. The minimum absolute atomic E-state index is 0.00583. The van der Waals surface area contributed by atoms with Crippen LogP contribution < -0.4 is 16.0 Å². The molecule has 1 aromatic carbocycles. The van der Waals surface area contributed by atoms with Crippen molar-refractivity contribution in [3.8, 4) is 5.75 Å². The lowest BCUT2D eigenvalue weighted by Crippen LogP contribution is -2.52. The van der Waals surface area contributed by atoms with Crippen molar-refractivity contribution in [1.82, 2.24) is 20.9 Å². The van der Waals surface area contributed by atoms with Crippen molar-refractivity contribution in [2.24, 2.45) is 5.92 Å². The van der Waals surface area contributed by atoms with E-state index < -0.39 is 29.9 Å². The average Bonchev–Trinajstić information content (AvgIpc) is 3.31. The average molecular weight is 465 g/mol. The van der Waals surface area contributed by atoms with E-state index in [-0.39, 0.29) is 43.8 Å². The number of benzene rings is 1. The van der Waals surface area contributed by atoms with Crippen LogP contribution in [0.1, 0.15) is 31.7 Å². The fraction of sp³-hybridized carbons (Fsp3) is 0.545. The molecule has 1 aliphatic heterocycles. The molecule has 3 atom stereocenters. The summed E-state index contributed by atoms with van der Waals surface area (Å²) in [4.78, 5) is 49.7. The van der Waals surface area contributed by atoms with Crippen molar-refractivity contribution in [3.63, 3.8) is 0 Å². The molecule has 0 saturated carbocycles. The number of nitrogens with one attached hydrogen (secondary N) is 3. The summed E-state index contributed by atoms with van der Waals surface area (Å²) in [5.41, 5.74) is 0.606. The molecule has 182 valence electrons. The highest BCUT2D eigenvalue weighted by molar-refractivity contribution is 5.84. The Labute approximate surface area is 192 Å². The Balaban J connectivity index is 2.00. The highest BCUT2D eigenvalue weighted by atomic mass is 16.4. The smallest absolute Gasteiger partial charge is 0.326 e. The monoisotopic (exact) mass is 464 g/mol. The second-order valence-electron chi connectivity index (χ2n) is 8.09. The van der Waals surface area contributed by atoms with Gasteiger partial charge in [-0.2, -0.15) is 0 Å². The molecule has 0 spiro atoms. The minimum atomic E-state index is -1.24. The lowest BCUT2D eigenvalue weighted by Gasteiger charge is -2.27. The van der Waals surface area contributed by atoms with Crippen LogP contribution in [0.15, 0.2) is 24.3 Å². The number of phenolic OH excluding ortho intramolecular Hbond substituents is 1. The Morgan fingerprint density at radius 2 is 1.85 bits per heavy atom. The third-order valence-corrected chi connectivity index (χ3v) is 5.44. The molecule has 6 N–H and O–H groups in total. The number of hydrogen-bond donors (Lipinski definition) is 6. The molecule has 0 unspecified atom stereocenters. The van der Waals surface area contributed by atoms with Crippen LogP contribution in [0.3, 0.4) is 0 Å². The zero-order chi connectivity index (χ0) is 24.4. The van der Waals surface area contributed by atoms with Crippen LogP contribution in [0, 0.1) is 5.92 Å². The van der Waals surface area contributed by atoms with Gasteiger partial charge in [0.25, 0.3) is 0 Å². The lowest BCUT2D eigenvalue weighted by molar-refractivity contribution is -0.142. The van der Waals surface area contributed by atoms with Crippen molar-refractivity contribution in [2.45, 2.75) is 44.7 Å². The van der Waals surface area contributed by atoms with E-state index in [1.165, 1.54) is 17.0 Å². The number of urea groups is 1. The number of phenols is 1. The van der Waals surface area contributed by atoms with Gasteiger partial charge in [-0.15, -0.1) is 0 Å². The van der Waals surface area contributed by atoms with E-state index in [1.807, 2.05) is 6.92 Å². The summed E-state index contributed by atoms with van der Waals surface area (Å²) in [6.07, 6.45) is 2.09. The highest BCUT2D eigenvalue weighted by Crippen LogP contribution is 2.12. The van der Waals surface area contributed by atoms with E-state index in [0.29, 0.717) is 18.4 Å². The number of amides is 3. The zero-order valence-electron chi connectivity index (χ0n) is 18.6. The highest BCUT2D eigenvalue weighted by Gasteiger charge is 2.29. The Kier molecular flexibility index (Phi) is 9.92.